The zero-order valence-electron chi connectivity index (χ0n) is 8.99. The third-order valence-corrected chi connectivity index (χ3v) is 3.76. The topological polar surface area (TPSA) is 38.0 Å². The van der Waals surface area contributed by atoms with Crippen LogP contribution in [-0.2, 0) is 6.42 Å². The second kappa shape index (κ2) is 5.60. The molecular weight excluding hydrogens is 259 g/mol. The second-order valence-electron chi connectivity index (χ2n) is 3.64. The van der Waals surface area contributed by atoms with Crippen LogP contribution in [0.5, 0.6) is 0 Å². The summed E-state index contributed by atoms with van der Waals surface area (Å²) < 4.78 is 13.7. The molecule has 1 aromatic carbocycles. The first-order valence-electron chi connectivity index (χ1n) is 5.14. The van der Waals surface area contributed by atoms with Gasteiger partial charge in [0.1, 0.15) is 5.82 Å². The van der Waals surface area contributed by atoms with Crippen LogP contribution in [-0.4, -0.2) is 0 Å². The number of thiophene rings is 1. The van der Waals surface area contributed by atoms with E-state index in [2.05, 4.69) is 5.43 Å². The molecule has 5 heteroatoms. The van der Waals surface area contributed by atoms with Crippen molar-refractivity contribution in [3.63, 3.8) is 0 Å². The number of hydrogen-bond donors (Lipinski definition) is 2. The fourth-order valence-electron chi connectivity index (χ4n) is 1.72. The molecule has 3 N–H and O–H groups in total. The number of halogens is 2. The minimum atomic E-state index is -0.336. The van der Waals surface area contributed by atoms with Crippen LogP contribution in [0.3, 0.4) is 0 Å². The lowest BCUT2D eigenvalue weighted by atomic mass is 10.0. The zero-order chi connectivity index (χ0) is 12.3. The van der Waals surface area contributed by atoms with Crippen LogP contribution in [0.4, 0.5) is 4.39 Å². The predicted molar refractivity (Wildman–Crippen MR) is 69.5 cm³/mol. The van der Waals surface area contributed by atoms with E-state index in [0.29, 0.717) is 17.0 Å². The van der Waals surface area contributed by atoms with Crippen molar-refractivity contribution in [1.82, 2.24) is 5.43 Å². The predicted octanol–water partition coefficient (Wildman–Crippen LogP) is 3.29. The Morgan fingerprint density at radius 2 is 2.18 bits per heavy atom. The molecular formula is C12H12ClFN2S. The molecule has 1 aromatic heterocycles. The molecule has 90 valence electrons. The van der Waals surface area contributed by atoms with Crippen molar-refractivity contribution >= 4 is 22.9 Å². The van der Waals surface area contributed by atoms with E-state index in [9.17, 15) is 4.39 Å². The molecule has 17 heavy (non-hydrogen) atoms. The lowest BCUT2D eigenvalue weighted by Gasteiger charge is -2.17. The third-order valence-electron chi connectivity index (χ3n) is 2.53. The zero-order valence-corrected chi connectivity index (χ0v) is 10.6. The number of benzene rings is 1. The van der Waals surface area contributed by atoms with Gasteiger partial charge in [-0.25, -0.2) is 4.39 Å². The number of hydrazine groups is 1. The summed E-state index contributed by atoms with van der Waals surface area (Å²) in [5.74, 6) is 5.15. The van der Waals surface area contributed by atoms with E-state index >= 15 is 0 Å². The van der Waals surface area contributed by atoms with Crippen LogP contribution in [0.25, 0.3) is 0 Å². The minimum Gasteiger partial charge on any atom is -0.271 e. The summed E-state index contributed by atoms with van der Waals surface area (Å²) in [4.78, 5) is 1.13. The average Bonchev–Trinajstić information content (AvgIpc) is 2.80. The van der Waals surface area contributed by atoms with Gasteiger partial charge in [0.15, 0.2) is 0 Å². The second-order valence-corrected chi connectivity index (χ2v) is 5.08. The molecule has 0 saturated carbocycles. The van der Waals surface area contributed by atoms with E-state index in [1.54, 1.807) is 23.5 Å². The molecule has 2 aromatic rings. The van der Waals surface area contributed by atoms with Gasteiger partial charge in [-0.05, 0) is 23.6 Å². The maximum atomic E-state index is 13.7. The van der Waals surface area contributed by atoms with Gasteiger partial charge in [0.05, 0.1) is 6.04 Å². The van der Waals surface area contributed by atoms with Crippen molar-refractivity contribution in [3.05, 3.63) is 57.0 Å². The molecule has 1 unspecified atom stereocenters. The highest BCUT2D eigenvalue weighted by atomic mass is 35.5. The monoisotopic (exact) mass is 270 g/mol. The summed E-state index contributed by atoms with van der Waals surface area (Å²) in [5, 5.41) is 2.37. The highest BCUT2D eigenvalue weighted by Crippen LogP contribution is 2.28. The van der Waals surface area contributed by atoms with Crippen molar-refractivity contribution in [2.75, 3.05) is 0 Å². The van der Waals surface area contributed by atoms with Crippen LogP contribution < -0.4 is 11.3 Å². The summed E-state index contributed by atoms with van der Waals surface area (Å²) in [6.07, 6.45) is 0.620. The highest BCUT2D eigenvalue weighted by Gasteiger charge is 2.18. The summed E-state index contributed by atoms with van der Waals surface area (Å²) in [6, 6.07) is 8.26. The molecule has 0 aliphatic carbocycles. The number of hydrogen-bond acceptors (Lipinski definition) is 3. The Hall–Kier alpha value is -0.940. The molecule has 1 atom stereocenters. The van der Waals surface area contributed by atoms with Crippen molar-refractivity contribution in [2.45, 2.75) is 12.5 Å². The average molecular weight is 271 g/mol. The minimum absolute atomic E-state index is 0.317. The third kappa shape index (κ3) is 2.84. The van der Waals surface area contributed by atoms with Crippen LogP contribution >= 0.6 is 22.9 Å². The lowest BCUT2D eigenvalue weighted by molar-refractivity contribution is 0.513. The largest absolute Gasteiger partial charge is 0.271 e. The maximum absolute atomic E-state index is 13.7. The normalized spacial score (nSPS) is 12.6. The van der Waals surface area contributed by atoms with Gasteiger partial charge < -0.3 is 0 Å². The van der Waals surface area contributed by atoms with Gasteiger partial charge in [-0.1, -0.05) is 23.7 Å². The molecule has 1 heterocycles. The standard InChI is InChI=1S/C12H12ClFN2S/c13-9-4-1-5-10(14)12(9)11(16-15)7-8-3-2-6-17-8/h1-6,11,16H,7,15H2. The van der Waals surface area contributed by atoms with E-state index in [4.69, 9.17) is 17.4 Å². The van der Waals surface area contributed by atoms with Gasteiger partial charge in [0, 0.05) is 21.9 Å². The smallest absolute Gasteiger partial charge is 0.129 e. The number of nitrogens with one attached hydrogen (secondary N) is 1. The Labute approximate surface area is 108 Å². The number of nitrogens with two attached hydrogens (primary N) is 1. The molecule has 0 bridgehead atoms. The summed E-state index contributed by atoms with van der Waals surface area (Å²) in [6.45, 7) is 0. The Morgan fingerprint density at radius 3 is 2.76 bits per heavy atom. The maximum Gasteiger partial charge on any atom is 0.129 e. The molecule has 0 amide bonds. The van der Waals surface area contributed by atoms with Crippen LogP contribution in [0.1, 0.15) is 16.5 Å². The van der Waals surface area contributed by atoms with Gasteiger partial charge >= 0.3 is 0 Å². The van der Waals surface area contributed by atoms with Crippen molar-refractivity contribution < 1.29 is 4.39 Å². The molecule has 0 aliphatic heterocycles. The van der Waals surface area contributed by atoms with Gasteiger partial charge in [0.2, 0.25) is 0 Å². The fraction of sp³-hybridized carbons (Fsp3) is 0.167. The van der Waals surface area contributed by atoms with E-state index in [0.717, 1.165) is 4.88 Å². The highest BCUT2D eigenvalue weighted by molar-refractivity contribution is 7.09. The van der Waals surface area contributed by atoms with Gasteiger partial charge in [-0.2, -0.15) is 0 Å². The fourth-order valence-corrected chi connectivity index (χ4v) is 2.76. The van der Waals surface area contributed by atoms with E-state index in [1.165, 1.54) is 6.07 Å². The molecule has 0 aliphatic rings. The van der Waals surface area contributed by atoms with Crippen molar-refractivity contribution in [3.8, 4) is 0 Å². The lowest BCUT2D eigenvalue weighted by Crippen LogP contribution is -2.30. The molecule has 2 nitrogen and oxygen atoms in total. The molecule has 0 spiro atoms. The van der Waals surface area contributed by atoms with E-state index in [-0.39, 0.29) is 11.9 Å². The molecule has 2 rings (SSSR count). The quantitative estimate of drug-likeness (QED) is 0.661. The summed E-state index contributed by atoms with van der Waals surface area (Å²) in [7, 11) is 0. The SMILES string of the molecule is NNC(Cc1cccs1)c1c(F)cccc1Cl. The van der Waals surface area contributed by atoms with Crippen LogP contribution in [0.15, 0.2) is 35.7 Å². The first-order valence-corrected chi connectivity index (χ1v) is 6.40. The summed E-state index contributed by atoms with van der Waals surface area (Å²) >= 11 is 7.62. The molecule has 0 radical (unpaired) electrons. The first kappa shape index (κ1) is 12.5. The Kier molecular flexibility index (Phi) is 4.12. The van der Waals surface area contributed by atoms with Gasteiger partial charge in [-0.15, -0.1) is 11.3 Å². The van der Waals surface area contributed by atoms with Crippen LogP contribution in [0, 0.1) is 5.82 Å². The van der Waals surface area contributed by atoms with E-state index in [1.807, 2.05) is 17.5 Å². The first-order chi connectivity index (χ1) is 8.22. The van der Waals surface area contributed by atoms with Crippen molar-refractivity contribution in [2.24, 2.45) is 5.84 Å². The molecule has 0 saturated heterocycles. The Bertz CT molecular complexity index is 467. The number of rotatable bonds is 4. The Morgan fingerprint density at radius 1 is 1.35 bits per heavy atom. The molecule has 0 fully saturated rings. The van der Waals surface area contributed by atoms with Crippen LogP contribution in [0.2, 0.25) is 5.02 Å². The van der Waals surface area contributed by atoms with Crippen molar-refractivity contribution in [1.29, 1.82) is 0 Å². The van der Waals surface area contributed by atoms with Gasteiger partial charge in [-0.3, -0.25) is 11.3 Å². The Balaban J connectivity index is 2.29. The summed E-state index contributed by atoms with van der Waals surface area (Å²) in [5.41, 5.74) is 3.04. The van der Waals surface area contributed by atoms with Gasteiger partial charge in [0.25, 0.3) is 0 Å². The van der Waals surface area contributed by atoms with E-state index < -0.39 is 0 Å².